The van der Waals surface area contributed by atoms with Crippen LogP contribution >= 0.6 is 0 Å². The summed E-state index contributed by atoms with van der Waals surface area (Å²) in [4.78, 5) is 23.3. The van der Waals surface area contributed by atoms with Crippen LogP contribution in [-0.2, 0) is 19.1 Å². The summed E-state index contributed by atoms with van der Waals surface area (Å²) in [5.41, 5.74) is -1.26. The first kappa shape index (κ1) is 13.3. The number of hydrogen-bond acceptors (Lipinski definition) is 4. The topological polar surface area (TPSA) is 52.6 Å². The lowest BCUT2D eigenvalue weighted by Crippen LogP contribution is -2.36. The molecule has 4 heteroatoms. The molecular weight excluding hydrogens is 220 g/mol. The molecule has 92 valence electrons. The zero-order valence-corrected chi connectivity index (χ0v) is 10.1. The Morgan fingerprint density at radius 2 is 1.82 bits per heavy atom. The Morgan fingerprint density at radius 1 is 1.18 bits per heavy atom. The van der Waals surface area contributed by atoms with Crippen LogP contribution in [0.2, 0.25) is 0 Å². The molecule has 0 atom stereocenters. The molecule has 1 heterocycles. The van der Waals surface area contributed by atoms with Gasteiger partial charge in [-0.25, -0.2) is 0 Å². The largest absolute Gasteiger partial charge is 0.465 e. The van der Waals surface area contributed by atoms with Crippen molar-refractivity contribution in [2.45, 2.75) is 26.7 Å². The quantitative estimate of drug-likeness (QED) is 0.363. The first-order valence-corrected chi connectivity index (χ1v) is 5.53. The minimum Gasteiger partial charge on any atom is -0.465 e. The number of allylic oxidation sites excluding steroid dienone is 1. The summed E-state index contributed by atoms with van der Waals surface area (Å²) >= 11 is 0. The molecule has 0 saturated heterocycles. The summed E-state index contributed by atoms with van der Waals surface area (Å²) in [6.45, 7) is 3.43. The zero-order chi connectivity index (χ0) is 12.7. The molecule has 0 aromatic heterocycles. The molecule has 0 spiro atoms. The van der Waals surface area contributed by atoms with Crippen molar-refractivity contribution in [3.63, 3.8) is 0 Å². The Morgan fingerprint density at radius 3 is 2.53 bits per heavy atom. The number of esters is 2. The Labute approximate surface area is 101 Å². The molecule has 0 bridgehead atoms. The van der Waals surface area contributed by atoms with Crippen LogP contribution in [0.4, 0.5) is 0 Å². The minimum absolute atomic E-state index is 0.191. The fourth-order valence-corrected chi connectivity index (χ4v) is 1.13. The van der Waals surface area contributed by atoms with E-state index in [-0.39, 0.29) is 13.2 Å². The van der Waals surface area contributed by atoms with Gasteiger partial charge in [0.25, 0.3) is 0 Å². The van der Waals surface area contributed by atoms with Crippen molar-refractivity contribution in [1.29, 1.82) is 0 Å². The Bertz CT molecular complexity index is 382. The van der Waals surface area contributed by atoms with Crippen molar-refractivity contribution >= 4 is 11.9 Å². The molecular formula is C13H16O4. The molecule has 0 fully saturated rings. The lowest BCUT2D eigenvalue weighted by Gasteiger charge is -2.20. The lowest BCUT2D eigenvalue weighted by molar-refractivity contribution is -0.169. The zero-order valence-electron chi connectivity index (χ0n) is 10.1. The van der Waals surface area contributed by atoms with E-state index < -0.39 is 17.4 Å². The van der Waals surface area contributed by atoms with E-state index >= 15 is 0 Å². The number of cyclic esters (lactones) is 2. The molecule has 0 aromatic carbocycles. The highest BCUT2D eigenvalue weighted by atomic mass is 16.6. The fourth-order valence-electron chi connectivity index (χ4n) is 1.13. The van der Waals surface area contributed by atoms with Gasteiger partial charge in [0.05, 0.1) is 6.61 Å². The van der Waals surface area contributed by atoms with E-state index in [2.05, 4.69) is 11.8 Å². The first-order chi connectivity index (χ1) is 8.05. The van der Waals surface area contributed by atoms with Crippen molar-refractivity contribution in [1.82, 2.24) is 0 Å². The van der Waals surface area contributed by atoms with Crippen LogP contribution in [0.25, 0.3) is 0 Å². The van der Waals surface area contributed by atoms with Crippen molar-refractivity contribution in [3.05, 3.63) is 12.2 Å². The van der Waals surface area contributed by atoms with E-state index in [0.29, 0.717) is 12.8 Å². The summed E-state index contributed by atoms with van der Waals surface area (Å²) in [6, 6.07) is 0. The normalized spacial score (nSPS) is 22.7. The van der Waals surface area contributed by atoms with E-state index in [1.165, 1.54) is 13.8 Å². The van der Waals surface area contributed by atoms with Gasteiger partial charge in [-0.05, 0) is 19.9 Å². The second-order valence-electron chi connectivity index (χ2n) is 4.16. The van der Waals surface area contributed by atoms with Gasteiger partial charge < -0.3 is 9.47 Å². The molecule has 0 radical (unpaired) electrons. The summed E-state index contributed by atoms with van der Waals surface area (Å²) in [5.74, 6) is 4.52. The van der Waals surface area contributed by atoms with Gasteiger partial charge >= 0.3 is 11.9 Å². The Hall–Kier alpha value is -1.76. The molecule has 0 amide bonds. The molecule has 4 nitrogen and oxygen atoms in total. The number of ether oxygens (including phenoxy) is 2. The maximum absolute atomic E-state index is 11.7. The Kier molecular flexibility index (Phi) is 4.77. The molecule has 1 rings (SSSR count). The number of carbonyl (C=O) groups excluding carboxylic acids is 2. The molecule has 1 aliphatic rings. The number of carbonyl (C=O) groups is 2. The minimum atomic E-state index is -1.26. The van der Waals surface area contributed by atoms with Gasteiger partial charge in [0.1, 0.15) is 6.61 Å². The average molecular weight is 236 g/mol. The molecule has 1 aliphatic heterocycles. The monoisotopic (exact) mass is 236 g/mol. The van der Waals surface area contributed by atoms with E-state index in [1.54, 1.807) is 6.08 Å². The van der Waals surface area contributed by atoms with Crippen molar-refractivity contribution < 1.29 is 19.1 Å². The van der Waals surface area contributed by atoms with Gasteiger partial charge in [-0.3, -0.25) is 9.59 Å². The maximum atomic E-state index is 11.7. The smallest absolute Gasteiger partial charge is 0.322 e. The van der Waals surface area contributed by atoms with E-state index in [0.717, 1.165) is 0 Å². The highest BCUT2D eigenvalue weighted by Crippen LogP contribution is 2.19. The van der Waals surface area contributed by atoms with Gasteiger partial charge in [-0.1, -0.05) is 17.9 Å². The molecule has 0 saturated carbocycles. The molecule has 0 N–H and O–H groups in total. The third kappa shape index (κ3) is 3.95. The van der Waals surface area contributed by atoms with Gasteiger partial charge in [0.2, 0.25) is 0 Å². The predicted octanol–water partition coefficient (Wildman–Crippen LogP) is 1.45. The van der Waals surface area contributed by atoms with E-state index in [9.17, 15) is 9.59 Å². The summed E-state index contributed by atoms with van der Waals surface area (Å²) in [7, 11) is 0. The average Bonchev–Trinajstić information content (AvgIpc) is 2.30. The van der Waals surface area contributed by atoms with Crippen LogP contribution in [0.1, 0.15) is 26.7 Å². The van der Waals surface area contributed by atoms with Gasteiger partial charge in [-0.15, -0.1) is 0 Å². The predicted molar refractivity (Wildman–Crippen MR) is 61.8 cm³/mol. The summed E-state index contributed by atoms with van der Waals surface area (Å²) in [6.07, 6.45) is 4.58. The van der Waals surface area contributed by atoms with Crippen LogP contribution in [0.5, 0.6) is 0 Å². The highest BCUT2D eigenvalue weighted by Gasteiger charge is 2.39. The fraction of sp³-hybridized carbons (Fsp3) is 0.538. The molecule has 0 unspecified atom stereocenters. The SMILES string of the molecule is CC1(C)C(=O)OCCC#C/C=C/CCOC1=O. The van der Waals surface area contributed by atoms with Crippen LogP contribution in [0.15, 0.2) is 12.2 Å². The van der Waals surface area contributed by atoms with Gasteiger partial charge in [0, 0.05) is 12.8 Å². The molecule has 0 aliphatic carbocycles. The third-order valence-corrected chi connectivity index (χ3v) is 2.30. The standard InChI is InChI=1S/C13H16O4/c1-13(2)11(14)16-9-7-5-3-4-6-8-10-17-12(13)15/h3,5H,7-10H2,1-2H3/b5-3+. The van der Waals surface area contributed by atoms with Gasteiger partial charge in [-0.2, -0.15) is 0 Å². The lowest BCUT2D eigenvalue weighted by atomic mass is 9.94. The molecule has 17 heavy (non-hydrogen) atoms. The van der Waals surface area contributed by atoms with E-state index in [4.69, 9.17) is 9.47 Å². The Balaban J connectivity index is 2.73. The first-order valence-electron chi connectivity index (χ1n) is 5.53. The van der Waals surface area contributed by atoms with Crippen LogP contribution in [0.3, 0.4) is 0 Å². The van der Waals surface area contributed by atoms with Gasteiger partial charge in [0.15, 0.2) is 5.41 Å². The second-order valence-corrected chi connectivity index (χ2v) is 4.16. The second kappa shape index (κ2) is 6.09. The third-order valence-electron chi connectivity index (χ3n) is 2.30. The summed E-state index contributed by atoms with van der Waals surface area (Å²) in [5, 5.41) is 0. The van der Waals surface area contributed by atoms with Crippen LogP contribution in [-0.4, -0.2) is 25.2 Å². The number of rotatable bonds is 0. The van der Waals surface area contributed by atoms with Crippen LogP contribution < -0.4 is 0 Å². The molecule has 0 aromatic rings. The maximum Gasteiger partial charge on any atom is 0.322 e. The van der Waals surface area contributed by atoms with Crippen molar-refractivity contribution in [3.8, 4) is 11.8 Å². The number of hydrogen-bond donors (Lipinski definition) is 0. The van der Waals surface area contributed by atoms with Crippen LogP contribution in [0, 0.1) is 17.3 Å². The van der Waals surface area contributed by atoms with E-state index in [1.807, 2.05) is 6.08 Å². The highest BCUT2D eigenvalue weighted by molar-refractivity contribution is 5.99. The van der Waals surface area contributed by atoms with Crippen molar-refractivity contribution in [2.75, 3.05) is 13.2 Å². The summed E-state index contributed by atoms with van der Waals surface area (Å²) < 4.78 is 9.98. The van der Waals surface area contributed by atoms with Crippen molar-refractivity contribution in [2.24, 2.45) is 5.41 Å².